The van der Waals surface area contributed by atoms with Crippen molar-refractivity contribution in [2.24, 2.45) is 0 Å². The van der Waals surface area contributed by atoms with Gasteiger partial charge in [0.15, 0.2) is 17.5 Å². The maximum absolute atomic E-state index is 13.2. The Morgan fingerprint density at radius 3 is 2.53 bits per heavy atom. The van der Waals surface area contributed by atoms with Crippen LogP contribution in [0.2, 0.25) is 0 Å². The number of thiophene rings is 1. The van der Waals surface area contributed by atoms with Crippen LogP contribution in [0.15, 0.2) is 24.3 Å². The van der Waals surface area contributed by atoms with E-state index in [2.05, 4.69) is 10.6 Å². The van der Waals surface area contributed by atoms with E-state index in [1.165, 1.54) is 17.4 Å². The fourth-order valence-corrected chi connectivity index (χ4v) is 4.57. The minimum Gasteiger partial charge on any atom is -0.479 e. The highest BCUT2D eigenvalue weighted by Crippen LogP contribution is 2.54. The van der Waals surface area contributed by atoms with Crippen molar-refractivity contribution < 1.29 is 61.9 Å². The number of carboxylic acids is 2. The smallest absolute Gasteiger partial charge is 0.479 e. The minimum absolute atomic E-state index is 0.150. The molecule has 0 saturated heterocycles. The van der Waals surface area contributed by atoms with Crippen LogP contribution in [0.1, 0.15) is 31.9 Å². The summed E-state index contributed by atoms with van der Waals surface area (Å²) in [5.74, 6) is -5.34. The highest BCUT2D eigenvalue weighted by molar-refractivity contribution is 7.14. The molecule has 4 N–H and O–H groups in total. The standard InChI is InChI=1S/C20H18N2O8S.C2HF3O2/c23-10-22-8-14(24)12-2-1-3-13-18(12)20(13,30-28-9-16(25)26)19(27)29-17-6-11-7-21-5-4-15(11)31-17;3-2(4,5)1(6)7/h1-3,6,10,21H,4-5,7-9H2,(H,22,23)(H,25,26);(H,6,7). The highest BCUT2D eigenvalue weighted by Gasteiger charge is 2.64. The Kier molecular flexibility index (Phi) is 8.82. The molecule has 1 aliphatic carbocycles. The van der Waals surface area contributed by atoms with Crippen LogP contribution >= 0.6 is 11.3 Å². The molecule has 38 heavy (non-hydrogen) atoms. The predicted molar refractivity (Wildman–Crippen MR) is 119 cm³/mol. The summed E-state index contributed by atoms with van der Waals surface area (Å²) >= 11 is 1.35. The maximum atomic E-state index is 13.2. The zero-order valence-electron chi connectivity index (χ0n) is 19.1. The molecule has 12 nitrogen and oxygen atoms in total. The van der Waals surface area contributed by atoms with Gasteiger partial charge < -0.3 is 25.6 Å². The molecule has 0 radical (unpaired) electrons. The highest BCUT2D eigenvalue weighted by atomic mass is 32.1. The fraction of sp³-hybridized carbons (Fsp3) is 0.318. The molecule has 4 rings (SSSR count). The van der Waals surface area contributed by atoms with Gasteiger partial charge in [0.2, 0.25) is 6.41 Å². The van der Waals surface area contributed by atoms with Crippen molar-refractivity contribution in [3.8, 4) is 5.06 Å². The monoisotopic (exact) mass is 560 g/mol. The third-order valence-electron chi connectivity index (χ3n) is 5.19. The average molecular weight is 560 g/mol. The predicted octanol–water partition coefficient (Wildman–Crippen LogP) is 1.15. The lowest BCUT2D eigenvalue weighted by Gasteiger charge is -2.14. The van der Waals surface area contributed by atoms with Crippen molar-refractivity contribution in [1.29, 1.82) is 0 Å². The minimum atomic E-state index is -5.08. The molecule has 2 aliphatic rings. The van der Waals surface area contributed by atoms with Gasteiger partial charge >= 0.3 is 24.1 Å². The van der Waals surface area contributed by atoms with Gasteiger partial charge in [0.05, 0.1) is 6.54 Å². The van der Waals surface area contributed by atoms with Gasteiger partial charge in [-0.2, -0.15) is 13.2 Å². The Morgan fingerprint density at radius 1 is 1.21 bits per heavy atom. The van der Waals surface area contributed by atoms with E-state index < -0.39 is 42.1 Å². The van der Waals surface area contributed by atoms with Crippen molar-refractivity contribution in [1.82, 2.24) is 10.6 Å². The number of rotatable bonds is 10. The molecule has 1 aromatic carbocycles. The van der Waals surface area contributed by atoms with Gasteiger partial charge in [-0.25, -0.2) is 24.2 Å². The number of ether oxygens (including phenoxy) is 1. The lowest BCUT2D eigenvalue weighted by molar-refractivity contribution is -0.332. The molecule has 0 spiro atoms. The molecule has 16 heteroatoms. The second-order valence-electron chi connectivity index (χ2n) is 7.70. The molecular weight excluding hydrogens is 541 g/mol. The number of hydrogen-bond donors (Lipinski definition) is 4. The van der Waals surface area contributed by atoms with Crippen molar-refractivity contribution in [2.45, 2.75) is 24.7 Å². The summed E-state index contributed by atoms with van der Waals surface area (Å²) < 4.78 is 37.3. The first-order valence-electron chi connectivity index (χ1n) is 10.6. The van der Waals surface area contributed by atoms with E-state index in [-0.39, 0.29) is 17.7 Å². The molecule has 1 aliphatic heterocycles. The number of carbonyl (C=O) groups excluding carboxylic acids is 3. The van der Waals surface area contributed by atoms with Crippen LogP contribution in [0.3, 0.4) is 0 Å². The number of amides is 1. The second kappa shape index (κ2) is 11.7. The summed E-state index contributed by atoms with van der Waals surface area (Å²) in [7, 11) is 0. The number of carbonyl (C=O) groups is 5. The molecule has 0 saturated carbocycles. The number of fused-ring (bicyclic) bond motifs is 2. The number of hydrogen-bond acceptors (Lipinski definition) is 10. The lowest BCUT2D eigenvalue weighted by Crippen LogP contribution is -2.32. The Hall–Kier alpha value is -3.86. The van der Waals surface area contributed by atoms with E-state index in [1.54, 1.807) is 18.2 Å². The van der Waals surface area contributed by atoms with E-state index >= 15 is 0 Å². The summed E-state index contributed by atoms with van der Waals surface area (Å²) in [5.41, 5.74) is -0.0972. The first kappa shape index (κ1) is 28.7. The molecule has 2 aromatic rings. The Balaban J connectivity index is 0.000000505. The van der Waals surface area contributed by atoms with Crippen LogP contribution in [0.4, 0.5) is 13.2 Å². The number of benzene rings is 1. The molecule has 0 bridgehead atoms. The number of nitrogens with one attached hydrogen (secondary N) is 2. The van der Waals surface area contributed by atoms with Crippen LogP contribution < -0.4 is 15.4 Å². The maximum Gasteiger partial charge on any atom is 0.490 e. The third kappa shape index (κ3) is 6.34. The van der Waals surface area contributed by atoms with Crippen molar-refractivity contribution in [3.63, 3.8) is 0 Å². The van der Waals surface area contributed by atoms with Crippen LogP contribution in [0.5, 0.6) is 5.06 Å². The summed E-state index contributed by atoms with van der Waals surface area (Å²) in [6.07, 6.45) is -3.87. The van der Waals surface area contributed by atoms with Gasteiger partial charge in [0.1, 0.15) is 0 Å². The number of carboxylic acid groups (broad SMARTS) is 2. The van der Waals surface area contributed by atoms with E-state index in [1.807, 2.05) is 0 Å². The number of ketones is 1. The van der Waals surface area contributed by atoms with Crippen molar-refractivity contribution in [3.05, 3.63) is 51.4 Å². The number of halogens is 3. The van der Waals surface area contributed by atoms with E-state index in [9.17, 15) is 32.3 Å². The number of Topliss-reactive ketones (excluding diaryl/α,β-unsaturated/α-hetero) is 1. The largest absolute Gasteiger partial charge is 0.490 e. The quantitative estimate of drug-likeness (QED) is 0.108. The molecular formula is C22H19F3N2O10S. The molecule has 204 valence electrons. The van der Waals surface area contributed by atoms with Gasteiger partial charge in [0.25, 0.3) is 5.60 Å². The van der Waals surface area contributed by atoms with E-state index in [0.29, 0.717) is 23.6 Å². The lowest BCUT2D eigenvalue weighted by atomic mass is 10.1. The fourth-order valence-electron chi connectivity index (χ4n) is 3.54. The first-order valence-corrected chi connectivity index (χ1v) is 11.4. The van der Waals surface area contributed by atoms with Crippen LogP contribution in [-0.2, 0) is 47.5 Å². The molecule has 0 fully saturated rings. The summed E-state index contributed by atoms with van der Waals surface area (Å²) in [5, 5.41) is 21.8. The summed E-state index contributed by atoms with van der Waals surface area (Å²) in [6.45, 7) is 0.432. The molecule has 1 amide bonds. The van der Waals surface area contributed by atoms with E-state index in [0.717, 1.165) is 23.4 Å². The van der Waals surface area contributed by atoms with Crippen molar-refractivity contribution in [2.75, 3.05) is 19.7 Å². The van der Waals surface area contributed by atoms with Crippen LogP contribution in [0.25, 0.3) is 0 Å². The van der Waals surface area contributed by atoms with Crippen molar-refractivity contribution >= 4 is 41.4 Å². The molecule has 1 unspecified atom stereocenters. The van der Waals surface area contributed by atoms with E-state index in [4.69, 9.17) is 29.5 Å². The number of alkyl halides is 3. The molecule has 1 aromatic heterocycles. The first-order chi connectivity index (χ1) is 17.9. The topological polar surface area (TPSA) is 178 Å². The van der Waals surface area contributed by atoms with Gasteiger partial charge in [-0.3, -0.25) is 9.59 Å². The van der Waals surface area contributed by atoms with Gasteiger partial charge in [-0.15, -0.1) is 11.3 Å². The summed E-state index contributed by atoms with van der Waals surface area (Å²) in [4.78, 5) is 67.0. The molecule has 1 atom stereocenters. The Labute approximate surface area is 215 Å². The van der Waals surface area contributed by atoms with Gasteiger partial charge in [0, 0.05) is 34.7 Å². The normalized spacial score (nSPS) is 17.1. The number of aliphatic carboxylic acids is 2. The van der Waals surface area contributed by atoms with Gasteiger partial charge in [-0.05, 0) is 18.1 Å². The zero-order valence-corrected chi connectivity index (χ0v) is 19.9. The van der Waals surface area contributed by atoms with Crippen LogP contribution in [0, 0.1) is 0 Å². The van der Waals surface area contributed by atoms with Crippen LogP contribution in [-0.4, -0.2) is 66.2 Å². The third-order valence-corrected chi connectivity index (χ3v) is 6.30. The molecule has 2 heterocycles. The Morgan fingerprint density at radius 2 is 1.92 bits per heavy atom. The second-order valence-corrected chi connectivity index (χ2v) is 8.80. The summed E-state index contributed by atoms with van der Waals surface area (Å²) in [6, 6.07) is 6.37. The number of esters is 1. The Bertz CT molecular complexity index is 1240. The van der Waals surface area contributed by atoms with Gasteiger partial charge in [-0.1, -0.05) is 18.2 Å². The zero-order chi connectivity index (χ0) is 28.1. The SMILES string of the molecule is O=C(O)C(F)(F)F.O=CNCC(=O)c1cccc2c1C2(OOCC(=O)O)C(=O)Oc1cc2c(s1)CCNC2. The average Bonchev–Trinajstić information content (AvgIpc) is 3.33.